The van der Waals surface area contributed by atoms with Crippen molar-refractivity contribution < 1.29 is 30.6 Å². The molecular weight excluding hydrogens is 299 g/mol. The molecule has 0 saturated carbocycles. The summed E-state index contributed by atoms with van der Waals surface area (Å²) >= 11 is 0. The Morgan fingerprint density at radius 3 is 1.80 bits per heavy atom. The summed E-state index contributed by atoms with van der Waals surface area (Å²) in [6.07, 6.45) is 1.16. The Morgan fingerprint density at radius 1 is 1.30 bits per heavy atom. The van der Waals surface area contributed by atoms with Crippen molar-refractivity contribution in [3.8, 4) is 0 Å². The van der Waals surface area contributed by atoms with Crippen LogP contribution in [0.4, 0.5) is 13.2 Å². The fourth-order valence-electron chi connectivity index (χ4n) is 1.42. The van der Waals surface area contributed by atoms with E-state index in [9.17, 15) is 13.2 Å². The summed E-state index contributed by atoms with van der Waals surface area (Å²) in [4.78, 5) is 6.50. The van der Waals surface area contributed by atoms with Crippen molar-refractivity contribution in [2.24, 2.45) is 4.99 Å². The monoisotopic (exact) mass is 321 g/mol. The van der Waals surface area contributed by atoms with Gasteiger partial charge >= 0.3 is 5.51 Å². The molecule has 0 heterocycles. The maximum absolute atomic E-state index is 10.7. The quantitative estimate of drug-likeness (QED) is 0.251. The van der Waals surface area contributed by atoms with Gasteiger partial charge in [0, 0.05) is 20.6 Å². The molecule has 0 aliphatic rings. The Hall–Kier alpha value is -0.870. The average molecular weight is 321 g/mol. The van der Waals surface area contributed by atoms with Crippen LogP contribution < -0.4 is 0 Å². The number of hydrogen-bond donors (Lipinski definition) is 0. The molecule has 0 aromatic heterocycles. The third-order valence-electron chi connectivity index (χ3n) is 1.98. The predicted molar refractivity (Wildman–Crippen MR) is 70.1 cm³/mol. The second-order valence-electron chi connectivity index (χ2n) is 4.86. The number of nitrogens with zero attached hydrogens (tertiary/aromatic N) is 3. The first-order chi connectivity index (χ1) is 8.68. The van der Waals surface area contributed by atoms with Gasteiger partial charge in [0.1, 0.15) is 0 Å². The summed E-state index contributed by atoms with van der Waals surface area (Å²) < 4.78 is 59.7. The summed E-state index contributed by atoms with van der Waals surface area (Å²) in [5.41, 5.74) is -5.65. The summed E-state index contributed by atoms with van der Waals surface area (Å²) in [6.45, 7) is 3.25. The largest absolute Gasteiger partial charge is 0.741 e. The third-order valence-corrected chi connectivity index (χ3v) is 2.55. The standard InChI is InChI=1S/C9H22N3.CHF3O3S/c1-7-8-11(3)9(10-2)12(4,5)6;2-1(3,4)8(5,6)7/h7-8H2,1-6H3;(H,5,6,7)/q+1;/p-1/b10-9+;. The molecule has 20 heavy (non-hydrogen) atoms. The van der Waals surface area contributed by atoms with Gasteiger partial charge in [-0.1, -0.05) is 6.92 Å². The van der Waals surface area contributed by atoms with Crippen molar-refractivity contribution in [1.82, 2.24) is 4.90 Å². The Morgan fingerprint density at radius 2 is 1.65 bits per heavy atom. The zero-order chi connectivity index (χ0) is 16.8. The minimum atomic E-state index is -6.09. The van der Waals surface area contributed by atoms with Crippen LogP contribution in [0.25, 0.3) is 0 Å². The molecule has 0 aliphatic carbocycles. The van der Waals surface area contributed by atoms with E-state index >= 15 is 0 Å². The van der Waals surface area contributed by atoms with Crippen LogP contribution in [0.15, 0.2) is 4.99 Å². The van der Waals surface area contributed by atoms with Gasteiger partial charge in [0.05, 0.1) is 21.1 Å². The van der Waals surface area contributed by atoms with Crippen molar-refractivity contribution in [3.05, 3.63) is 0 Å². The summed E-state index contributed by atoms with van der Waals surface area (Å²) in [5, 5.41) is 0. The lowest BCUT2D eigenvalue weighted by atomic mass is 10.4. The molecule has 122 valence electrons. The number of rotatable bonds is 2. The minimum absolute atomic E-state index is 0.785. The lowest BCUT2D eigenvalue weighted by Gasteiger charge is -2.30. The normalized spacial score (nSPS) is 13.6. The fraction of sp³-hybridized carbons (Fsp3) is 0.900. The molecule has 10 heteroatoms. The smallest absolute Gasteiger partial charge is 0.485 e. The van der Waals surface area contributed by atoms with Gasteiger partial charge in [0.25, 0.3) is 5.96 Å². The molecule has 0 bridgehead atoms. The van der Waals surface area contributed by atoms with Gasteiger partial charge in [-0.2, -0.15) is 13.2 Å². The highest BCUT2D eigenvalue weighted by Crippen LogP contribution is 2.20. The zero-order valence-corrected chi connectivity index (χ0v) is 13.3. The van der Waals surface area contributed by atoms with Gasteiger partial charge in [0.2, 0.25) is 0 Å². The van der Waals surface area contributed by atoms with Crippen LogP contribution >= 0.6 is 0 Å². The van der Waals surface area contributed by atoms with Crippen molar-refractivity contribution >= 4 is 16.1 Å². The molecule has 0 aromatic rings. The van der Waals surface area contributed by atoms with Gasteiger partial charge in [0.15, 0.2) is 10.1 Å². The molecule has 0 rings (SSSR count). The van der Waals surface area contributed by atoms with Gasteiger partial charge in [-0.25, -0.2) is 13.4 Å². The first-order valence-electron chi connectivity index (χ1n) is 5.70. The van der Waals surface area contributed by atoms with Crippen molar-refractivity contribution in [2.75, 3.05) is 41.8 Å². The van der Waals surface area contributed by atoms with Crippen LogP contribution in [0, 0.1) is 0 Å². The lowest BCUT2D eigenvalue weighted by Crippen LogP contribution is -2.50. The Balaban J connectivity index is 0. The zero-order valence-electron chi connectivity index (χ0n) is 12.5. The highest BCUT2D eigenvalue weighted by molar-refractivity contribution is 7.86. The average Bonchev–Trinajstić information content (AvgIpc) is 2.13. The summed E-state index contributed by atoms with van der Waals surface area (Å²) in [7, 11) is 4.25. The molecule has 0 unspecified atom stereocenters. The Labute approximate surface area is 118 Å². The van der Waals surface area contributed by atoms with Crippen LogP contribution in [0.5, 0.6) is 0 Å². The van der Waals surface area contributed by atoms with E-state index in [-0.39, 0.29) is 0 Å². The summed E-state index contributed by atoms with van der Waals surface area (Å²) in [6, 6.07) is 0. The fourth-order valence-corrected chi connectivity index (χ4v) is 1.42. The van der Waals surface area contributed by atoms with Gasteiger partial charge in [-0.05, 0) is 6.42 Å². The second-order valence-corrected chi connectivity index (χ2v) is 6.23. The molecule has 0 atom stereocenters. The predicted octanol–water partition coefficient (Wildman–Crippen LogP) is 1.07. The third kappa shape index (κ3) is 8.33. The number of aliphatic imine (C=N–C) groups is 1. The van der Waals surface area contributed by atoms with Crippen LogP contribution in [-0.4, -0.2) is 75.6 Å². The van der Waals surface area contributed by atoms with Crippen molar-refractivity contribution in [3.63, 3.8) is 0 Å². The molecule has 6 nitrogen and oxygen atoms in total. The molecular formula is C10H22F3N3O3S. The molecule has 0 aliphatic heterocycles. The van der Waals surface area contributed by atoms with E-state index in [0.29, 0.717) is 0 Å². The highest BCUT2D eigenvalue weighted by Gasteiger charge is 2.36. The van der Waals surface area contributed by atoms with Crippen LogP contribution in [0.2, 0.25) is 0 Å². The number of halogens is 3. The molecule has 0 radical (unpaired) electrons. The van der Waals surface area contributed by atoms with Crippen molar-refractivity contribution in [1.29, 1.82) is 0 Å². The first kappa shape index (κ1) is 21.4. The number of guanidine groups is 1. The van der Waals surface area contributed by atoms with Gasteiger partial charge < -0.3 is 9.45 Å². The first-order valence-corrected chi connectivity index (χ1v) is 7.11. The number of quaternary nitrogens is 1. The van der Waals surface area contributed by atoms with Crippen molar-refractivity contribution in [2.45, 2.75) is 18.9 Å². The molecule has 0 amide bonds. The van der Waals surface area contributed by atoms with E-state index < -0.39 is 15.6 Å². The van der Waals surface area contributed by atoms with E-state index in [2.05, 4.69) is 45.0 Å². The summed E-state index contributed by atoms with van der Waals surface area (Å²) in [5.74, 6) is 1.12. The molecule has 0 spiro atoms. The topological polar surface area (TPSA) is 72.8 Å². The Kier molecular flexibility index (Phi) is 8.35. The molecule has 0 fully saturated rings. The van der Waals surface area contributed by atoms with E-state index in [0.717, 1.165) is 23.4 Å². The minimum Gasteiger partial charge on any atom is -0.741 e. The molecule has 0 saturated heterocycles. The van der Waals surface area contributed by atoms with Crippen LogP contribution in [0.3, 0.4) is 0 Å². The van der Waals surface area contributed by atoms with E-state index in [1.54, 1.807) is 0 Å². The highest BCUT2D eigenvalue weighted by atomic mass is 32.2. The maximum Gasteiger partial charge on any atom is 0.485 e. The van der Waals surface area contributed by atoms with Crippen LogP contribution in [-0.2, 0) is 10.1 Å². The van der Waals surface area contributed by atoms with E-state index in [1.165, 1.54) is 0 Å². The van der Waals surface area contributed by atoms with Gasteiger partial charge in [-0.3, -0.25) is 4.48 Å². The second kappa shape index (κ2) is 7.79. The van der Waals surface area contributed by atoms with Gasteiger partial charge in [-0.15, -0.1) is 0 Å². The molecule has 0 aromatic carbocycles. The Bertz CT molecular complexity index is 414. The SMILES string of the molecule is CCCN(C)/C(=N\C)[N+](C)(C)C.O=S(=O)([O-])C(F)(F)F. The number of hydrogen-bond acceptors (Lipinski definition) is 4. The maximum atomic E-state index is 10.7. The molecule has 0 N–H and O–H groups in total. The lowest BCUT2D eigenvalue weighted by molar-refractivity contribution is -0.782. The van der Waals surface area contributed by atoms with E-state index in [1.807, 2.05) is 7.05 Å². The van der Waals surface area contributed by atoms with E-state index in [4.69, 9.17) is 13.0 Å². The number of alkyl halides is 3. The van der Waals surface area contributed by atoms with Crippen LogP contribution in [0.1, 0.15) is 13.3 Å².